The number of fused-ring (bicyclic) bond motifs is 1. The number of rotatable bonds is 4. The van der Waals surface area contributed by atoms with E-state index in [4.69, 9.17) is 9.94 Å². The average molecular weight is 387 g/mol. The third-order valence-electron chi connectivity index (χ3n) is 4.33. The van der Waals surface area contributed by atoms with Gasteiger partial charge < -0.3 is 9.64 Å². The van der Waals surface area contributed by atoms with Crippen molar-refractivity contribution in [2.75, 3.05) is 18.6 Å². The molecular weight excluding hydrogens is 370 g/mol. The number of anilines is 1. The Morgan fingerprint density at radius 1 is 1.31 bits per heavy atom. The van der Waals surface area contributed by atoms with E-state index >= 15 is 0 Å². The molecule has 0 bridgehead atoms. The number of hydroxylamine groups is 1. The normalized spacial score (nSPS) is 13.4. The topological polar surface area (TPSA) is 74.7 Å². The molecule has 2 aromatic heterocycles. The fraction of sp³-hybridized carbons (Fsp3) is 0.222. The van der Waals surface area contributed by atoms with Crippen LogP contribution in [-0.4, -0.2) is 29.8 Å². The van der Waals surface area contributed by atoms with Gasteiger partial charge in [-0.2, -0.15) is 0 Å². The molecule has 3 aromatic rings. The number of carbonyl (C=O) groups is 1. The van der Waals surface area contributed by atoms with Gasteiger partial charge in [0.15, 0.2) is 5.13 Å². The van der Waals surface area contributed by atoms with Crippen LogP contribution in [0.25, 0.3) is 10.4 Å². The second-order valence-corrected chi connectivity index (χ2v) is 8.05. The SMILES string of the molecule is COc1ccc(-c2cnc(N3CCc4sc(C(=O)NO)cc4C3)s2)cc1. The van der Waals surface area contributed by atoms with Crippen molar-refractivity contribution in [1.82, 2.24) is 10.5 Å². The van der Waals surface area contributed by atoms with Crippen LogP contribution in [0.2, 0.25) is 0 Å². The minimum Gasteiger partial charge on any atom is -0.497 e. The van der Waals surface area contributed by atoms with E-state index in [0.717, 1.165) is 46.4 Å². The number of aromatic nitrogens is 1. The van der Waals surface area contributed by atoms with Crippen LogP contribution in [0.4, 0.5) is 5.13 Å². The molecule has 8 heteroatoms. The molecule has 26 heavy (non-hydrogen) atoms. The lowest BCUT2D eigenvalue weighted by atomic mass is 10.1. The van der Waals surface area contributed by atoms with Gasteiger partial charge in [0.05, 0.1) is 16.9 Å². The Morgan fingerprint density at radius 3 is 2.85 bits per heavy atom. The molecular formula is C18H17N3O3S2. The molecule has 1 aromatic carbocycles. The molecule has 1 aliphatic rings. The van der Waals surface area contributed by atoms with E-state index in [-0.39, 0.29) is 0 Å². The van der Waals surface area contributed by atoms with Gasteiger partial charge in [-0.25, -0.2) is 10.5 Å². The van der Waals surface area contributed by atoms with Gasteiger partial charge in [-0.3, -0.25) is 10.0 Å². The van der Waals surface area contributed by atoms with Crippen molar-refractivity contribution < 1.29 is 14.7 Å². The predicted molar refractivity (Wildman–Crippen MR) is 102 cm³/mol. The molecule has 3 heterocycles. The second kappa shape index (κ2) is 7.06. The van der Waals surface area contributed by atoms with E-state index < -0.39 is 5.91 Å². The standard InChI is InChI=1S/C18H17N3O3S2/c1-24-13-4-2-11(3-5-13)16-9-19-18(26-16)21-7-6-14-12(10-21)8-15(25-14)17(22)20-23/h2-5,8-9,23H,6-7,10H2,1H3,(H,20,22). The van der Waals surface area contributed by atoms with Gasteiger partial charge in [-0.1, -0.05) is 11.3 Å². The summed E-state index contributed by atoms with van der Waals surface area (Å²) >= 11 is 3.10. The van der Waals surface area contributed by atoms with Crippen LogP contribution in [0.15, 0.2) is 36.5 Å². The number of amides is 1. The number of ether oxygens (including phenoxy) is 1. The summed E-state index contributed by atoms with van der Waals surface area (Å²) in [4.78, 5) is 21.3. The van der Waals surface area contributed by atoms with Crippen LogP contribution >= 0.6 is 22.7 Å². The highest BCUT2D eigenvalue weighted by atomic mass is 32.1. The van der Waals surface area contributed by atoms with E-state index in [2.05, 4.69) is 9.88 Å². The molecule has 4 rings (SSSR count). The first kappa shape index (κ1) is 17.0. The second-order valence-electron chi connectivity index (χ2n) is 5.91. The maximum atomic E-state index is 11.6. The van der Waals surface area contributed by atoms with E-state index in [1.54, 1.807) is 23.9 Å². The average Bonchev–Trinajstić information content (AvgIpc) is 3.34. The van der Waals surface area contributed by atoms with Crippen LogP contribution in [0.5, 0.6) is 5.75 Å². The van der Waals surface area contributed by atoms with Crippen LogP contribution in [0.3, 0.4) is 0 Å². The maximum Gasteiger partial charge on any atom is 0.284 e. The lowest BCUT2D eigenvalue weighted by Gasteiger charge is -2.26. The first-order chi connectivity index (χ1) is 12.7. The molecule has 6 nitrogen and oxygen atoms in total. The number of thiophene rings is 1. The minimum absolute atomic E-state index is 0.452. The fourth-order valence-electron chi connectivity index (χ4n) is 2.96. The van der Waals surface area contributed by atoms with E-state index in [9.17, 15) is 4.79 Å². The van der Waals surface area contributed by atoms with Gasteiger partial charge in [0, 0.05) is 24.2 Å². The number of nitrogens with one attached hydrogen (secondary N) is 1. The summed E-state index contributed by atoms with van der Waals surface area (Å²) in [5.74, 6) is 0.384. The zero-order valence-corrected chi connectivity index (χ0v) is 15.7. The molecule has 1 amide bonds. The monoisotopic (exact) mass is 387 g/mol. The van der Waals surface area contributed by atoms with Crippen LogP contribution in [0.1, 0.15) is 20.1 Å². The molecule has 0 radical (unpaired) electrons. The summed E-state index contributed by atoms with van der Waals surface area (Å²) in [6, 6.07) is 9.81. The van der Waals surface area contributed by atoms with Crippen LogP contribution < -0.4 is 15.1 Å². The van der Waals surface area contributed by atoms with Crippen LogP contribution in [0, 0.1) is 0 Å². The highest BCUT2D eigenvalue weighted by Gasteiger charge is 2.23. The van der Waals surface area contributed by atoms with Gasteiger partial charge in [-0.05, 0) is 47.9 Å². The first-order valence-corrected chi connectivity index (χ1v) is 9.72. The first-order valence-electron chi connectivity index (χ1n) is 8.09. The summed E-state index contributed by atoms with van der Waals surface area (Å²) in [5.41, 5.74) is 3.94. The fourth-order valence-corrected chi connectivity index (χ4v) is 4.96. The molecule has 0 spiro atoms. The summed E-state index contributed by atoms with van der Waals surface area (Å²) in [6.45, 7) is 1.59. The maximum absolute atomic E-state index is 11.6. The Morgan fingerprint density at radius 2 is 2.12 bits per heavy atom. The minimum atomic E-state index is -0.452. The number of hydrogen-bond acceptors (Lipinski definition) is 7. The summed E-state index contributed by atoms with van der Waals surface area (Å²) < 4.78 is 5.20. The zero-order valence-electron chi connectivity index (χ0n) is 14.1. The molecule has 0 aliphatic carbocycles. The Balaban J connectivity index is 1.53. The molecule has 0 fully saturated rings. The predicted octanol–water partition coefficient (Wildman–Crippen LogP) is 3.56. The van der Waals surface area contributed by atoms with Gasteiger partial charge >= 0.3 is 0 Å². The zero-order chi connectivity index (χ0) is 18.1. The summed E-state index contributed by atoms with van der Waals surface area (Å²) in [7, 11) is 1.66. The number of hydrogen-bond donors (Lipinski definition) is 2. The Labute approximate surface area is 158 Å². The molecule has 0 atom stereocenters. The highest BCUT2D eigenvalue weighted by molar-refractivity contribution is 7.19. The quantitative estimate of drug-likeness (QED) is 0.529. The lowest BCUT2D eigenvalue weighted by molar-refractivity contribution is 0.0711. The van der Waals surface area contributed by atoms with Crippen molar-refractivity contribution in [3.8, 4) is 16.2 Å². The van der Waals surface area contributed by atoms with Crippen molar-refractivity contribution in [1.29, 1.82) is 0 Å². The van der Waals surface area contributed by atoms with Gasteiger partial charge in [0.1, 0.15) is 5.75 Å². The summed E-state index contributed by atoms with van der Waals surface area (Å²) in [5, 5.41) is 9.78. The van der Waals surface area contributed by atoms with Crippen molar-refractivity contribution in [2.45, 2.75) is 13.0 Å². The number of thiazole rings is 1. The number of benzene rings is 1. The number of nitrogens with zero attached hydrogens (tertiary/aromatic N) is 2. The van der Waals surface area contributed by atoms with Crippen LogP contribution in [-0.2, 0) is 13.0 Å². The molecule has 1 aliphatic heterocycles. The molecule has 0 saturated carbocycles. The van der Waals surface area contributed by atoms with Gasteiger partial charge in [-0.15, -0.1) is 11.3 Å². The van der Waals surface area contributed by atoms with Gasteiger partial charge in [0.2, 0.25) is 0 Å². The number of carbonyl (C=O) groups excluding carboxylic acids is 1. The van der Waals surface area contributed by atoms with E-state index in [0.29, 0.717) is 4.88 Å². The molecule has 0 unspecified atom stereocenters. The van der Waals surface area contributed by atoms with Crippen molar-refractivity contribution in [3.63, 3.8) is 0 Å². The lowest BCUT2D eigenvalue weighted by Crippen LogP contribution is -2.29. The Bertz CT molecular complexity index is 934. The Kier molecular flexibility index (Phi) is 4.62. The van der Waals surface area contributed by atoms with Gasteiger partial charge in [0.25, 0.3) is 5.91 Å². The molecule has 2 N–H and O–H groups in total. The third kappa shape index (κ3) is 3.18. The molecule has 0 saturated heterocycles. The molecule has 134 valence electrons. The number of methoxy groups -OCH3 is 1. The third-order valence-corrected chi connectivity index (χ3v) is 6.67. The van der Waals surface area contributed by atoms with E-state index in [1.807, 2.05) is 36.5 Å². The largest absolute Gasteiger partial charge is 0.497 e. The summed E-state index contributed by atoms with van der Waals surface area (Å²) in [6.07, 6.45) is 2.77. The Hall–Kier alpha value is -2.42. The van der Waals surface area contributed by atoms with Crippen molar-refractivity contribution in [3.05, 3.63) is 51.8 Å². The smallest absolute Gasteiger partial charge is 0.284 e. The van der Waals surface area contributed by atoms with Crippen molar-refractivity contribution in [2.24, 2.45) is 0 Å². The van der Waals surface area contributed by atoms with E-state index in [1.165, 1.54) is 16.2 Å². The van der Waals surface area contributed by atoms with Crippen molar-refractivity contribution >= 4 is 33.7 Å². The highest BCUT2D eigenvalue weighted by Crippen LogP contribution is 2.35.